The predicted molar refractivity (Wildman–Crippen MR) is 162 cm³/mol. The van der Waals surface area contributed by atoms with Crippen molar-refractivity contribution in [2.24, 2.45) is 0 Å². The van der Waals surface area contributed by atoms with E-state index in [-0.39, 0.29) is 18.1 Å². The van der Waals surface area contributed by atoms with Crippen LogP contribution in [0.25, 0.3) is 22.4 Å². The maximum atomic E-state index is 12.4. The summed E-state index contributed by atoms with van der Waals surface area (Å²) >= 11 is 14.1. The molecule has 1 atom stereocenters. The molecule has 0 spiro atoms. The molecule has 1 aliphatic rings. The summed E-state index contributed by atoms with van der Waals surface area (Å²) < 4.78 is 7.60. The number of hydrogen-bond acceptors (Lipinski definition) is 5. The minimum atomic E-state index is -0.245. The van der Waals surface area contributed by atoms with Crippen molar-refractivity contribution >= 4 is 51.7 Å². The number of aromatic nitrogens is 3. The second-order valence-electron chi connectivity index (χ2n) is 9.83. The van der Waals surface area contributed by atoms with Crippen molar-refractivity contribution in [3.05, 3.63) is 104 Å². The summed E-state index contributed by atoms with van der Waals surface area (Å²) in [5.41, 5.74) is 5.26. The molecular weight excluding hydrogens is 563 g/mol. The number of imidazole rings is 1. The van der Waals surface area contributed by atoms with E-state index in [0.29, 0.717) is 29.7 Å². The molecule has 6 nitrogen and oxygen atoms in total. The molecule has 0 N–H and O–H groups in total. The quantitative estimate of drug-likeness (QED) is 0.199. The Morgan fingerprint density at radius 3 is 2.33 bits per heavy atom. The van der Waals surface area contributed by atoms with Crippen LogP contribution in [0.1, 0.15) is 47.9 Å². The Bertz CT molecular complexity index is 1610. The third-order valence-electron chi connectivity index (χ3n) is 7.41. The first kappa shape index (κ1) is 26.8. The number of fused-ring (bicyclic) bond motifs is 1. The first-order chi connectivity index (χ1) is 19.5. The fourth-order valence-electron chi connectivity index (χ4n) is 5.49. The summed E-state index contributed by atoms with van der Waals surface area (Å²) in [6.07, 6.45) is 3.22. The van der Waals surface area contributed by atoms with Gasteiger partial charge in [0.15, 0.2) is 0 Å². The van der Waals surface area contributed by atoms with Crippen molar-refractivity contribution in [3.63, 3.8) is 0 Å². The van der Waals surface area contributed by atoms with Crippen LogP contribution in [-0.4, -0.2) is 45.2 Å². The molecule has 0 radical (unpaired) electrons. The number of hydrogen-bond donors (Lipinski definition) is 0. The Kier molecular flexibility index (Phi) is 7.78. The molecule has 1 amide bonds. The fourth-order valence-corrected chi connectivity index (χ4v) is 6.54. The van der Waals surface area contributed by atoms with Gasteiger partial charge in [0.1, 0.15) is 10.8 Å². The lowest BCUT2D eigenvalue weighted by Gasteiger charge is -2.33. The number of thiazole rings is 1. The number of carbonyl (C=O) groups excluding carboxylic acids is 1. The summed E-state index contributed by atoms with van der Waals surface area (Å²) in [7, 11) is 0. The highest BCUT2D eigenvalue weighted by Crippen LogP contribution is 2.38. The SMILES string of the molecule is CCOC(=O)N1CCC(n2c(-c3ccc(Cl)cc3)nc3ccc(C(c4ccc(Cl)cc4)c4nccs4)cc32)CC1. The van der Waals surface area contributed by atoms with Gasteiger partial charge in [0.25, 0.3) is 0 Å². The van der Waals surface area contributed by atoms with Crippen LogP contribution in [0.2, 0.25) is 10.0 Å². The largest absolute Gasteiger partial charge is 0.450 e. The molecule has 6 rings (SSSR count). The summed E-state index contributed by atoms with van der Waals surface area (Å²) in [6.45, 7) is 3.48. The van der Waals surface area contributed by atoms with Crippen molar-refractivity contribution in [2.75, 3.05) is 19.7 Å². The molecule has 2 aromatic heterocycles. The predicted octanol–water partition coefficient (Wildman–Crippen LogP) is 8.44. The first-order valence-electron chi connectivity index (χ1n) is 13.4. The van der Waals surface area contributed by atoms with Gasteiger partial charge in [0.2, 0.25) is 0 Å². The molecule has 0 aliphatic carbocycles. The average Bonchev–Trinajstić information content (AvgIpc) is 3.63. The Balaban J connectivity index is 1.46. The summed E-state index contributed by atoms with van der Waals surface area (Å²) in [6, 6.07) is 22.5. The number of piperidine rings is 1. The monoisotopic (exact) mass is 590 g/mol. The van der Waals surface area contributed by atoms with E-state index in [1.54, 1.807) is 16.2 Å². The van der Waals surface area contributed by atoms with E-state index < -0.39 is 0 Å². The van der Waals surface area contributed by atoms with Gasteiger partial charge < -0.3 is 14.2 Å². The molecule has 3 heterocycles. The number of rotatable bonds is 6. The molecule has 40 heavy (non-hydrogen) atoms. The second kappa shape index (κ2) is 11.6. The van der Waals surface area contributed by atoms with Crippen LogP contribution in [0.4, 0.5) is 4.79 Å². The number of carbonyl (C=O) groups is 1. The lowest BCUT2D eigenvalue weighted by atomic mass is 9.91. The molecule has 9 heteroatoms. The molecule has 0 saturated carbocycles. The van der Waals surface area contributed by atoms with E-state index in [0.717, 1.165) is 51.4 Å². The maximum absolute atomic E-state index is 12.4. The van der Waals surface area contributed by atoms with Gasteiger partial charge in [0, 0.05) is 46.3 Å². The van der Waals surface area contributed by atoms with Crippen LogP contribution >= 0.6 is 34.5 Å². The number of likely N-dealkylation sites (tertiary alicyclic amines) is 1. The van der Waals surface area contributed by atoms with Crippen molar-refractivity contribution in [1.29, 1.82) is 0 Å². The van der Waals surface area contributed by atoms with E-state index in [4.69, 9.17) is 32.9 Å². The molecule has 1 fully saturated rings. The summed E-state index contributed by atoms with van der Waals surface area (Å²) in [5.74, 6) is 0.866. The molecule has 1 saturated heterocycles. The van der Waals surface area contributed by atoms with Gasteiger partial charge in [-0.25, -0.2) is 14.8 Å². The van der Waals surface area contributed by atoms with Crippen molar-refractivity contribution < 1.29 is 9.53 Å². The zero-order valence-electron chi connectivity index (χ0n) is 22.0. The number of benzene rings is 3. The van der Waals surface area contributed by atoms with Crippen molar-refractivity contribution in [1.82, 2.24) is 19.4 Å². The van der Waals surface area contributed by atoms with Crippen LogP contribution in [0, 0.1) is 0 Å². The van der Waals surface area contributed by atoms with E-state index in [1.807, 2.05) is 54.9 Å². The van der Waals surface area contributed by atoms with E-state index in [9.17, 15) is 4.79 Å². The van der Waals surface area contributed by atoms with Gasteiger partial charge in [-0.1, -0.05) is 41.4 Å². The van der Waals surface area contributed by atoms with E-state index >= 15 is 0 Å². The normalized spacial score (nSPS) is 14.9. The topological polar surface area (TPSA) is 60.2 Å². The Hall–Kier alpha value is -3.39. The van der Waals surface area contributed by atoms with Crippen LogP contribution < -0.4 is 0 Å². The third kappa shape index (κ3) is 5.33. The number of amides is 1. The Labute approximate surface area is 247 Å². The molecule has 3 aromatic carbocycles. The van der Waals surface area contributed by atoms with E-state index in [2.05, 4.69) is 39.9 Å². The zero-order chi connectivity index (χ0) is 27.6. The van der Waals surface area contributed by atoms with Gasteiger partial charge in [0.05, 0.1) is 23.6 Å². The van der Waals surface area contributed by atoms with E-state index in [1.165, 1.54) is 0 Å². The third-order valence-corrected chi connectivity index (χ3v) is 8.75. The minimum Gasteiger partial charge on any atom is -0.450 e. The van der Waals surface area contributed by atoms with Crippen LogP contribution in [0.5, 0.6) is 0 Å². The standard InChI is InChI=1S/C31H28Cl2N4O2S/c1-2-39-31(38)36-16-13-25(14-17-36)37-27-19-22(7-12-26(27)35-29(37)21-5-10-24(33)11-6-21)28(30-34-15-18-40-30)20-3-8-23(32)9-4-20/h3-12,15,18-19,25,28H,2,13-14,16-17H2,1H3. The highest BCUT2D eigenvalue weighted by molar-refractivity contribution is 7.09. The lowest BCUT2D eigenvalue weighted by molar-refractivity contribution is 0.0931. The molecule has 1 aliphatic heterocycles. The van der Waals surface area contributed by atoms with Gasteiger partial charge >= 0.3 is 6.09 Å². The maximum Gasteiger partial charge on any atom is 0.409 e. The molecule has 5 aromatic rings. The molecule has 204 valence electrons. The van der Waals surface area contributed by atoms with Crippen molar-refractivity contribution in [3.8, 4) is 11.4 Å². The van der Waals surface area contributed by atoms with Gasteiger partial charge in [-0.3, -0.25) is 0 Å². The molecular formula is C31H28Cl2N4O2S. The van der Waals surface area contributed by atoms with Crippen molar-refractivity contribution in [2.45, 2.75) is 31.7 Å². The molecule has 0 bridgehead atoms. The number of nitrogens with zero attached hydrogens (tertiary/aromatic N) is 4. The van der Waals surface area contributed by atoms with Gasteiger partial charge in [-0.05, 0) is 79.4 Å². The van der Waals surface area contributed by atoms with Crippen LogP contribution in [0.15, 0.2) is 78.3 Å². The Morgan fingerprint density at radius 2 is 1.68 bits per heavy atom. The smallest absolute Gasteiger partial charge is 0.409 e. The lowest BCUT2D eigenvalue weighted by Crippen LogP contribution is -2.39. The highest BCUT2D eigenvalue weighted by atomic mass is 35.5. The fraction of sp³-hybridized carbons (Fsp3) is 0.258. The zero-order valence-corrected chi connectivity index (χ0v) is 24.3. The average molecular weight is 592 g/mol. The first-order valence-corrected chi connectivity index (χ1v) is 15.0. The highest BCUT2D eigenvalue weighted by Gasteiger charge is 2.29. The Morgan fingerprint density at radius 1 is 1.00 bits per heavy atom. The second-order valence-corrected chi connectivity index (χ2v) is 11.6. The number of ether oxygens (including phenoxy) is 1. The van der Waals surface area contributed by atoms with Gasteiger partial charge in [-0.2, -0.15) is 0 Å². The summed E-state index contributed by atoms with van der Waals surface area (Å²) in [5, 5.41) is 4.42. The van der Waals surface area contributed by atoms with Crippen LogP contribution in [0.3, 0.4) is 0 Å². The summed E-state index contributed by atoms with van der Waals surface area (Å²) in [4.78, 5) is 24.0. The minimum absolute atomic E-state index is 0.0327. The number of halogens is 2. The van der Waals surface area contributed by atoms with Crippen LogP contribution in [-0.2, 0) is 4.74 Å². The van der Waals surface area contributed by atoms with Gasteiger partial charge in [-0.15, -0.1) is 11.3 Å². The molecule has 1 unspecified atom stereocenters.